The number of nitrogens with two attached hydrogens (primary N) is 1. The Balaban J connectivity index is 1.65. The molecule has 0 aliphatic heterocycles. The molecule has 0 aliphatic carbocycles. The molecule has 0 spiro atoms. The minimum Gasteiger partial charge on any atom is -0.395 e. The summed E-state index contributed by atoms with van der Waals surface area (Å²) >= 11 is 0. The molecule has 16 heteroatoms. The number of benzene rings is 4. The highest BCUT2D eigenvalue weighted by atomic mass is 32.2. The molecule has 0 saturated carbocycles. The van der Waals surface area contributed by atoms with Gasteiger partial charge in [-0.2, -0.15) is 13.4 Å². The Kier molecular flexibility index (Phi) is 14.2. The summed E-state index contributed by atoms with van der Waals surface area (Å²) in [5.74, 6) is -0.00338. The van der Waals surface area contributed by atoms with Crippen LogP contribution in [0.3, 0.4) is 0 Å². The van der Waals surface area contributed by atoms with Crippen molar-refractivity contribution in [2.75, 3.05) is 12.3 Å². The second-order valence-corrected chi connectivity index (χ2v) is 19.6. The Morgan fingerprint density at radius 3 is 1.76 bits per heavy atom. The van der Waals surface area contributed by atoms with E-state index in [0.29, 0.717) is 0 Å². The van der Waals surface area contributed by atoms with E-state index in [1.165, 1.54) is 16.8 Å². The quantitative estimate of drug-likeness (QED) is 0.0406. The minimum atomic E-state index is -4.63. The number of anilines is 1. The van der Waals surface area contributed by atoms with Crippen LogP contribution in [-0.4, -0.2) is 56.1 Å². The first-order valence-electron chi connectivity index (χ1n) is 17.4. The third-order valence-corrected chi connectivity index (χ3v) is 10.4. The van der Waals surface area contributed by atoms with Gasteiger partial charge >= 0.3 is 5.69 Å². The van der Waals surface area contributed by atoms with Crippen molar-refractivity contribution in [2.24, 2.45) is 0 Å². The largest absolute Gasteiger partial charge is 0.395 e. The molecule has 0 bridgehead atoms. The maximum Gasteiger partial charge on any atom is 0.351 e. The van der Waals surface area contributed by atoms with Crippen molar-refractivity contribution in [3.63, 3.8) is 0 Å². The standard InChI is InChI=1S/C39H44N4O10SSi/c1-55(2,3)53-38(42-24-23-35(40)41-39(42)44)37(51-27-31-17-11-6-12-18-31)36(50-26-30-15-9-5-10-16-30)34(28-49-25-29-13-7-4-8-14-29)52-54(47,48)33-21-19-32(20-22-33)43(45)46/h4-24,34,36-38H,25-28H2,1-3H3,(H2,40,41,44)/t34-,36+,37-,38+/m1/s1. The van der Waals surface area contributed by atoms with E-state index in [-0.39, 0.29) is 42.8 Å². The second kappa shape index (κ2) is 19.0. The molecule has 1 aromatic heterocycles. The highest BCUT2D eigenvalue weighted by Gasteiger charge is 2.43. The Bertz CT molecular complexity index is 2140. The molecule has 0 fully saturated rings. The third-order valence-electron chi connectivity index (χ3n) is 8.12. The molecule has 0 amide bonds. The fraction of sp³-hybridized carbons (Fsp3) is 0.282. The molecule has 0 radical (unpaired) electrons. The summed E-state index contributed by atoms with van der Waals surface area (Å²) in [5, 5.41) is 11.3. The summed E-state index contributed by atoms with van der Waals surface area (Å²) in [5.41, 5.74) is 7.21. The molecule has 0 saturated heterocycles. The number of ether oxygens (including phenoxy) is 3. The zero-order valence-corrected chi connectivity index (χ0v) is 32.5. The van der Waals surface area contributed by atoms with Crippen LogP contribution >= 0.6 is 0 Å². The number of nitro groups is 1. The lowest BCUT2D eigenvalue weighted by molar-refractivity contribution is -0.384. The highest BCUT2D eigenvalue weighted by molar-refractivity contribution is 7.86. The van der Waals surface area contributed by atoms with Gasteiger partial charge in [-0.05, 0) is 54.5 Å². The number of nitrogens with zero attached hydrogens (tertiary/aromatic N) is 3. The lowest BCUT2D eigenvalue weighted by atomic mass is 10.1. The van der Waals surface area contributed by atoms with Crippen LogP contribution in [0.4, 0.5) is 11.5 Å². The first-order chi connectivity index (χ1) is 26.3. The van der Waals surface area contributed by atoms with Gasteiger partial charge in [-0.3, -0.25) is 18.9 Å². The number of nitro benzene ring substituents is 1. The lowest BCUT2D eigenvalue weighted by Crippen LogP contribution is -2.53. The molecule has 4 aromatic carbocycles. The van der Waals surface area contributed by atoms with Gasteiger partial charge in [0.25, 0.3) is 15.8 Å². The zero-order valence-electron chi connectivity index (χ0n) is 30.7. The van der Waals surface area contributed by atoms with Crippen LogP contribution in [0.2, 0.25) is 19.6 Å². The first-order valence-corrected chi connectivity index (χ1v) is 22.2. The molecule has 290 valence electrons. The topological polar surface area (TPSA) is 184 Å². The van der Waals surface area contributed by atoms with Crippen LogP contribution < -0.4 is 11.4 Å². The van der Waals surface area contributed by atoms with Gasteiger partial charge in [-0.15, -0.1) is 0 Å². The van der Waals surface area contributed by atoms with E-state index >= 15 is 0 Å². The van der Waals surface area contributed by atoms with Crippen molar-refractivity contribution in [2.45, 2.75) is 68.9 Å². The molecule has 4 atom stereocenters. The number of hydrogen-bond donors (Lipinski definition) is 1. The average Bonchev–Trinajstić information content (AvgIpc) is 3.16. The Labute approximate surface area is 320 Å². The molecule has 55 heavy (non-hydrogen) atoms. The predicted octanol–water partition coefficient (Wildman–Crippen LogP) is 6.25. The molecular weight excluding hydrogens is 745 g/mol. The summed E-state index contributed by atoms with van der Waals surface area (Å²) in [6.45, 7) is 5.53. The SMILES string of the molecule is C[Si](C)(C)O[C@@H]([C@H](OCc1ccccc1)[C@@H](OCc1ccccc1)[C@@H](COCc1ccccc1)OS(=O)(=O)c1ccc([N+](=O)[O-])cc1)n1ccc(N)nc1=O. The molecule has 1 heterocycles. The van der Waals surface area contributed by atoms with Crippen molar-refractivity contribution in [3.8, 4) is 0 Å². The third kappa shape index (κ3) is 12.2. The van der Waals surface area contributed by atoms with E-state index in [0.717, 1.165) is 41.0 Å². The van der Waals surface area contributed by atoms with E-state index in [1.807, 2.05) is 111 Å². The lowest BCUT2D eigenvalue weighted by Gasteiger charge is -2.39. The summed E-state index contributed by atoms with van der Waals surface area (Å²) in [6.07, 6.45) is -3.76. The van der Waals surface area contributed by atoms with Crippen LogP contribution in [0, 0.1) is 10.1 Å². The monoisotopic (exact) mass is 788 g/mol. The van der Waals surface area contributed by atoms with E-state index < -0.39 is 53.6 Å². The Morgan fingerprint density at radius 1 is 0.764 bits per heavy atom. The molecule has 2 N–H and O–H groups in total. The second-order valence-electron chi connectivity index (χ2n) is 13.5. The van der Waals surface area contributed by atoms with Crippen LogP contribution in [0.1, 0.15) is 22.9 Å². The predicted molar refractivity (Wildman–Crippen MR) is 208 cm³/mol. The van der Waals surface area contributed by atoms with Gasteiger partial charge in [0.2, 0.25) is 0 Å². The highest BCUT2D eigenvalue weighted by Crippen LogP contribution is 2.31. The van der Waals surface area contributed by atoms with Gasteiger partial charge in [-0.1, -0.05) is 91.0 Å². The molecule has 14 nitrogen and oxygen atoms in total. The fourth-order valence-electron chi connectivity index (χ4n) is 5.55. The summed E-state index contributed by atoms with van der Waals surface area (Å²) in [7, 11) is -7.19. The minimum absolute atomic E-state index is 0.00338. The number of rotatable bonds is 20. The van der Waals surface area contributed by atoms with Gasteiger partial charge in [-0.25, -0.2) is 4.79 Å². The smallest absolute Gasteiger partial charge is 0.351 e. The molecule has 5 aromatic rings. The van der Waals surface area contributed by atoms with Crippen LogP contribution in [0.15, 0.2) is 137 Å². The molecular formula is C39H44N4O10SSi. The zero-order chi connectivity index (χ0) is 39.4. The molecule has 0 unspecified atom stereocenters. The van der Waals surface area contributed by atoms with Crippen molar-refractivity contribution < 1.29 is 36.2 Å². The molecule has 0 aliphatic rings. The maximum absolute atomic E-state index is 14.1. The van der Waals surface area contributed by atoms with Crippen molar-refractivity contribution >= 4 is 29.9 Å². The van der Waals surface area contributed by atoms with E-state index in [9.17, 15) is 23.3 Å². The molecule has 5 rings (SSSR count). The summed E-state index contributed by atoms with van der Waals surface area (Å²) in [6, 6.07) is 33.6. The van der Waals surface area contributed by atoms with Gasteiger partial charge in [0, 0.05) is 18.3 Å². The van der Waals surface area contributed by atoms with E-state index in [2.05, 4.69) is 4.98 Å². The van der Waals surface area contributed by atoms with E-state index in [1.54, 1.807) is 0 Å². The summed E-state index contributed by atoms with van der Waals surface area (Å²) < 4.78 is 61.5. The van der Waals surface area contributed by atoms with Crippen molar-refractivity contribution in [3.05, 3.63) is 165 Å². The maximum atomic E-state index is 14.1. The number of aromatic nitrogens is 2. The van der Waals surface area contributed by atoms with Gasteiger partial charge in [0.1, 0.15) is 24.1 Å². The van der Waals surface area contributed by atoms with Gasteiger partial charge < -0.3 is 24.4 Å². The van der Waals surface area contributed by atoms with Crippen LogP contribution in [-0.2, 0) is 52.8 Å². The number of hydrogen-bond acceptors (Lipinski definition) is 12. The number of nitrogen functional groups attached to an aromatic ring is 1. The van der Waals surface area contributed by atoms with Crippen molar-refractivity contribution in [1.82, 2.24) is 9.55 Å². The normalized spacial score (nSPS) is 14.2. The van der Waals surface area contributed by atoms with Crippen molar-refractivity contribution in [1.29, 1.82) is 0 Å². The van der Waals surface area contributed by atoms with Gasteiger partial charge in [0.05, 0.1) is 36.2 Å². The van der Waals surface area contributed by atoms with Gasteiger partial charge in [0.15, 0.2) is 14.5 Å². The number of non-ortho nitro benzene ring substituents is 1. The van der Waals surface area contributed by atoms with Crippen LogP contribution in [0.25, 0.3) is 0 Å². The van der Waals surface area contributed by atoms with Crippen LogP contribution in [0.5, 0.6) is 0 Å². The van der Waals surface area contributed by atoms with E-state index in [4.69, 9.17) is 28.6 Å². The first kappa shape index (κ1) is 41.1. The fourth-order valence-corrected chi connectivity index (χ4v) is 7.59. The Morgan fingerprint density at radius 2 is 1.27 bits per heavy atom. The average molecular weight is 789 g/mol. The Hall–Kier alpha value is -5.07. The summed E-state index contributed by atoms with van der Waals surface area (Å²) in [4.78, 5) is 27.9.